The maximum absolute atomic E-state index is 6.29. The van der Waals surface area contributed by atoms with Crippen LogP contribution in [0.2, 0.25) is 0 Å². The van der Waals surface area contributed by atoms with Crippen molar-refractivity contribution < 1.29 is 0 Å². The standard InChI is InChI=1S/C16H30N2/c1-10-2-3-11(6-10)15-8-14(18)9-16(15)12-4-5-13(17)7-12/h10-16H,2-9,17-18H2,1H3. The van der Waals surface area contributed by atoms with Crippen molar-refractivity contribution in [2.45, 2.75) is 70.4 Å². The smallest absolute Gasteiger partial charge is 0.00445 e. The van der Waals surface area contributed by atoms with Crippen molar-refractivity contribution in [3.8, 4) is 0 Å². The molecule has 0 bridgehead atoms. The van der Waals surface area contributed by atoms with Crippen LogP contribution in [0.1, 0.15) is 58.3 Å². The molecule has 2 heteroatoms. The predicted octanol–water partition coefficient (Wildman–Crippen LogP) is 2.90. The van der Waals surface area contributed by atoms with Gasteiger partial charge in [-0.05, 0) is 74.5 Å². The first-order valence-electron chi connectivity index (χ1n) is 8.14. The highest BCUT2D eigenvalue weighted by Gasteiger charge is 2.44. The van der Waals surface area contributed by atoms with Crippen LogP contribution >= 0.6 is 0 Å². The van der Waals surface area contributed by atoms with E-state index in [4.69, 9.17) is 11.5 Å². The van der Waals surface area contributed by atoms with E-state index in [1.54, 1.807) is 0 Å². The Morgan fingerprint density at radius 1 is 0.667 bits per heavy atom. The van der Waals surface area contributed by atoms with Crippen molar-refractivity contribution in [2.75, 3.05) is 0 Å². The topological polar surface area (TPSA) is 52.0 Å². The van der Waals surface area contributed by atoms with Crippen LogP contribution in [0.15, 0.2) is 0 Å². The second-order valence-electron chi connectivity index (χ2n) is 7.57. The molecule has 2 nitrogen and oxygen atoms in total. The highest BCUT2D eigenvalue weighted by molar-refractivity contribution is 4.96. The fourth-order valence-corrected chi connectivity index (χ4v) is 5.31. The van der Waals surface area contributed by atoms with Gasteiger partial charge >= 0.3 is 0 Å². The van der Waals surface area contributed by atoms with Gasteiger partial charge in [0.2, 0.25) is 0 Å². The van der Waals surface area contributed by atoms with Crippen molar-refractivity contribution in [2.24, 2.45) is 41.1 Å². The normalized spacial score (nSPS) is 53.2. The molecule has 0 aliphatic heterocycles. The van der Waals surface area contributed by atoms with Crippen molar-refractivity contribution >= 4 is 0 Å². The molecule has 7 atom stereocenters. The molecule has 3 saturated carbocycles. The molecule has 3 rings (SSSR count). The Labute approximate surface area is 112 Å². The summed E-state index contributed by atoms with van der Waals surface area (Å²) in [5.74, 6) is 4.67. The van der Waals surface area contributed by atoms with Crippen LogP contribution in [0.25, 0.3) is 0 Å². The van der Waals surface area contributed by atoms with Gasteiger partial charge in [0.1, 0.15) is 0 Å². The largest absolute Gasteiger partial charge is 0.328 e. The molecule has 0 radical (unpaired) electrons. The van der Waals surface area contributed by atoms with Crippen molar-refractivity contribution in [1.82, 2.24) is 0 Å². The van der Waals surface area contributed by atoms with Gasteiger partial charge in [0.25, 0.3) is 0 Å². The van der Waals surface area contributed by atoms with E-state index in [2.05, 4.69) is 6.92 Å². The number of nitrogens with two attached hydrogens (primary N) is 2. The van der Waals surface area contributed by atoms with E-state index in [-0.39, 0.29) is 0 Å². The zero-order chi connectivity index (χ0) is 12.7. The van der Waals surface area contributed by atoms with E-state index in [1.165, 1.54) is 51.4 Å². The van der Waals surface area contributed by atoms with E-state index in [0.29, 0.717) is 12.1 Å². The zero-order valence-electron chi connectivity index (χ0n) is 11.9. The minimum Gasteiger partial charge on any atom is -0.328 e. The van der Waals surface area contributed by atoms with Gasteiger partial charge in [0, 0.05) is 12.1 Å². The van der Waals surface area contributed by atoms with E-state index >= 15 is 0 Å². The summed E-state index contributed by atoms with van der Waals surface area (Å²) in [6.07, 6.45) is 10.9. The summed E-state index contributed by atoms with van der Waals surface area (Å²) < 4.78 is 0. The molecular formula is C16H30N2. The van der Waals surface area contributed by atoms with Crippen LogP contribution in [-0.4, -0.2) is 12.1 Å². The molecular weight excluding hydrogens is 220 g/mol. The molecule has 3 fully saturated rings. The Hall–Kier alpha value is -0.0800. The highest BCUT2D eigenvalue weighted by atomic mass is 14.7. The molecule has 0 saturated heterocycles. The highest BCUT2D eigenvalue weighted by Crippen LogP contribution is 2.50. The third kappa shape index (κ3) is 2.46. The van der Waals surface area contributed by atoms with E-state index in [1.807, 2.05) is 0 Å². The molecule has 4 N–H and O–H groups in total. The molecule has 0 heterocycles. The zero-order valence-corrected chi connectivity index (χ0v) is 11.9. The van der Waals surface area contributed by atoms with Gasteiger partial charge in [-0.25, -0.2) is 0 Å². The van der Waals surface area contributed by atoms with Gasteiger partial charge in [-0.15, -0.1) is 0 Å². The van der Waals surface area contributed by atoms with Crippen LogP contribution in [0.3, 0.4) is 0 Å². The molecule has 0 aromatic rings. The molecule has 7 unspecified atom stereocenters. The molecule has 0 spiro atoms. The van der Waals surface area contributed by atoms with Gasteiger partial charge in [-0.2, -0.15) is 0 Å². The predicted molar refractivity (Wildman–Crippen MR) is 76.0 cm³/mol. The van der Waals surface area contributed by atoms with Crippen LogP contribution in [-0.2, 0) is 0 Å². The van der Waals surface area contributed by atoms with Gasteiger partial charge in [0.05, 0.1) is 0 Å². The minimum absolute atomic E-state index is 0.479. The first kappa shape index (κ1) is 12.9. The molecule has 0 aromatic heterocycles. The lowest BCUT2D eigenvalue weighted by molar-refractivity contribution is 0.192. The monoisotopic (exact) mass is 250 g/mol. The van der Waals surface area contributed by atoms with Crippen LogP contribution < -0.4 is 11.5 Å². The summed E-state index contributed by atoms with van der Waals surface area (Å²) in [4.78, 5) is 0. The quantitative estimate of drug-likeness (QED) is 0.792. The third-order valence-corrected chi connectivity index (χ3v) is 6.16. The van der Waals surface area contributed by atoms with Crippen molar-refractivity contribution in [3.63, 3.8) is 0 Å². The number of hydrogen-bond acceptors (Lipinski definition) is 2. The Morgan fingerprint density at radius 2 is 1.28 bits per heavy atom. The SMILES string of the molecule is CC1CCC(C2CC(N)CC2C2CCC(N)C2)C1. The molecule has 0 amide bonds. The van der Waals surface area contributed by atoms with Gasteiger partial charge in [-0.3, -0.25) is 0 Å². The maximum Gasteiger partial charge on any atom is 0.00445 e. The summed E-state index contributed by atoms with van der Waals surface area (Å²) in [5, 5.41) is 0. The first-order valence-corrected chi connectivity index (χ1v) is 8.14. The maximum atomic E-state index is 6.29. The average Bonchev–Trinajstić information content (AvgIpc) is 2.98. The number of hydrogen-bond donors (Lipinski definition) is 2. The second-order valence-corrected chi connectivity index (χ2v) is 7.57. The van der Waals surface area contributed by atoms with Gasteiger partial charge in [-0.1, -0.05) is 13.3 Å². The van der Waals surface area contributed by atoms with Crippen molar-refractivity contribution in [1.29, 1.82) is 0 Å². The molecule has 3 aliphatic carbocycles. The Balaban J connectivity index is 1.67. The summed E-state index contributed by atoms with van der Waals surface area (Å²) >= 11 is 0. The van der Waals surface area contributed by atoms with Gasteiger partial charge < -0.3 is 11.5 Å². The summed E-state index contributed by atoms with van der Waals surface area (Å²) in [6.45, 7) is 2.43. The fraction of sp³-hybridized carbons (Fsp3) is 1.00. The van der Waals surface area contributed by atoms with Crippen LogP contribution in [0.4, 0.5) is 0 Å². The van der Waals surface area contributed by atoms with Gasteiger partial charge in [0.15, 0.2) is 0 Å². The molecule has 104 valence electrons. The lowest BCUT2D eigenvalue weighted by Crippen LogP contribution is -2.24. The lowest BCUT2D eigenvalue weighted by atomic mass is 9.75. The third-order valence-electron chi connectivity index (χ3n) is 6.16. The van der Waals surface area contributed by atoms with E-state index in [9.17, 15) is 0 Å². The molecule has 3 aliphatic rings. The van der Waals surface area contributed by atoms with E-state index < -0.39 is 0 Å². The van der Waals surface area contributed by atoms with E-state index in [0.717, 1.165) is 29.6 Å². The Bertz CT molecular complexity index is 263. The molecule has 18 heavy (non-hydrogen) atoms. The Morgan fingerprint density at radius 3 is 1.78 bits per heavy atom. The average molecular weight is 250 g/mol. The summed E-state index contributed by atoms with van der Waals surface area (Å²) in [6, 6.07) is 0.961. The summed E-state index contributed by atoms with van der Waals surface area (Å²) in [7, 11) is 0. The Kier molecular flexibility index (Phi) is 3.68. The molecule has 0 aromatic carbocycles. The lowest BCUT2D eigenvalue weighted by Gasteiger charge is -2.30. The van der Waals surface area contributed by atoms with Crippen LogP contribution in [0, 0.1) is 29.6 Å². The number of rotatable bonds is 2. The minimum atomic E-state index is 0.479. The summed E-state index contributed by atoms with van der Waals surface area (Å²) in [5.41, 5.74) is 12.4. The second kappa shape index (κ2) is 5.13. The fourth-order valence-electron chi connectivity index (χ4n) is 5.31. The first-order chi connectivity index (χ1) is 8.63. The van der Waals surface area contributed by atoms with Crippen LogP contribution in [0.5, 0.6) is 0 Å². The van der Waals surface area contributed by atoms with Crippen molar-refractivity contribution in [3.05, 3.63) is 0 Å².